The number of nitrogens with zero attached hydrogens (tertiary/aromatic N) is 5. The summed E-state index contributed by atoms with van der Waals surface area (Å²) in [7, 11) is 2.04. The van der Waals surface area contributed by atoms with E-state index >= 15 is 0 Å². The molecule has 1 fully saturated rings. The Bertz CT molecular complexity index is 1260. The van der Waals surface area contributed by atoms with E-state index in [0.29, 0.717) is 37.0 Å². The van der Waals surface area contributed by atoms with Crippen molar-refractivity contribution in [2.24, 2.45) is 7.05 Å². The maximum atomic E-state index is 13.2. The van der Waals surface area contributed by atoms with Gasteiger partial charge in [0.1, 0.15) is 0 Å². The van der Waals surface area contributed by atoms with Gasteiger partial charge in [0.05, 0.1) is 13.2 Å². The average molecular weight is 417 g/mol. The second-order valence-corrected chi connectivity index (χ2v) is 7.80. The lowest BCUT2D eigenvalue weighted by Gasteiger charge is -2.31. The molecule has 31 heavy (non-hydrogen) atoms. The van der Waals surface area contributed by atoms with E-state index in [1.54, 1.807) is 17.3 Å². The zero-order valence-electron chi connectivity index (χ0n) is 17.7. The minimum atomic E-state index is -0.453. The number of pyridine rings is 1. The molecule has 158 valence electrons. The molecule has 0 aliphatic carbocycles. The highest BCUT2D eigenvalue weighted by Gasteiger charge is 2.30. The number of fused-ring (bicyclic) bond motifs is 1. The summed E-state index contributed by atoms with van der Waals surface area (Å²) in [5.74, 6) is 0.823. The van der Waals surface area contributed by atoms with Crippen LogP contribution in [0.2, 0.25) is 0 Å². The van der Waals surface area contributed by atoms with Gasteiger partial charge in [-0.05, 0) is 49.7 Å². The van der Waals surface area contributed by atoms with Crippen molar-refractivity contribution in [2.75, 3.05) is 19.7 Å². The van der Waals surface area contributed by atoms with Crippen LogP contribution >= 0.6 is 0 Å². The molecular weight excluding hydrogens is 394 g/mol. The minimum Gasteiger partial charge on any atom is -0.365 e. The second kappa shape index (κ2) is 7.63. The fourth-order valence-electron chi connectivity index (χ4n) is 4.04. The Morgan fingerprint density at radius 2 is 1.97 bits per heavy atom. The Morgan fingerprint density at radius 1 is 1.16 bits per heavy atom. The van der Waals surface area contributed by atoms with E-state index in [1.165, 1.54) is 11.3 Å². The van der Waals surface area contributed by atoms with E-state index in [4.69, 9.17) is 9.26 Å². The SMILES string of the molecule is Cc1c(C)n(C)c2ccc(C(=O)N3CCOC(c4nc(-c5ccncc5)no4)C3)cc12. The molecule has 1 saturated heterocycles. The van der Waals surface area contributed by atoms with Crippen LogP contribution in [0.3, 0.4) is 0 Å². The van der Waals surface area contributed by atoms with Crippen molar-refractivity contribution in [1.82, 2.24) is 24.6 Å². The Kier molecular flexibility index (Phi) is 4.78. The first-order chi connectivity index (χ1) is 15.0. The third kappa shape index (κ3) is 3.38. The highest BCUT2D eigenvalue weighted by Crippen LogP contribution is 2.28. The molecule has 0 N–H and O–H groups in total. The largest absolute Gasteiger partial charge is 0.365 e. The Labute approximate surface area is 179 Å². The molecule has 4 heterocycles. The quantitative estimate of drug-likeness (QED) is 0.507. The molecule has 1 unspecified atom stereocenters. The molecule has 5 rings (SSSR count). The maximum Gasteiger partial charge on any atom is 0.257 e. The molecule has 0 saturated carbocycles. The Balaban J connectivity index is 1.37. The van der Waals surface area contributed by atoms with Gasteiger partial charge in [-0.1, -0.05) is 5.16 Å². The summed E-state index contributed by atoms with van der Waals surface area (Å²) >= 11 is 0. The predicted molar refractivity (Wildman–Crippen MR) is 115 cm³/mol. The van der Waals surface area contributed by atoms with Crippen molar-refractivity contribution in [1.29, 1.82) is 0 Å². The van der Waals surface area contributed by atoms with Gasteiger partial charge in [0.15, 0.2) is 6.10 Å². The van der Waals surface area contributed by atoms with Crippen LogP contribution in [0.5, 0.6) is 0 Å². The Morgan fingerprint density at radius 3 is 2.77 bits per heavy atom. The molecule has 1 aliphatic rings. The van der Waals surface area contributed by atoms with Crippen molar-refractivity contribution in [3.8, 4) is 11.4 Å². The fraction of sp³-hybridized carbons (Fsp3) is 0.304. The molecule has 4 aromatic rings. The van der Waals surface area contributed by atoms with Crippen molar-refractivity contribution in [2.45, 2.75) is 20.0 Å². The summed E-state index contributed by atoms with van der Waals surface area (Å²) in [4.78, 5) is 23.5. The van der Waals surface area contributed by atoms with Crippen molar-refractivity contribution >= 4 is 16.8 Å². The average Bonchev–Trinajstić information content (AvgIpc) is 3.40. The van der Waals surface area contributed by atoms with E-state index < -0.39 is 6.10 Å². The maximum absolute atomic E-state index is 13.2. The van der Waals surface area contributed by atoms with Gasteiger partial charge in [-0.2, -0.15) is 4.98 Å². The number of carbonyl (C=O) groups excluding carboxylic acids is 1. The summed E-state index contributed by atoms with van der Waals surface area (Å²) in [5, 5.41) is 5.15. The van der Waals surface area contributed by atoms with Crippen LogP contribution in [0.4, 0.5) is 0 Å². The van der Waals surface area contributed by atoms with Crippen LogP contribution in [0.25, 0.3) is 22.3 Å². The van der Waals surface area contributed by atoms with Crippen molar-refractivity contribution in [3.05, 3.63) is 65.4 Å². The number of aryl methyl sites for hydroxylation is 2. The molecule has 8 nitrogen and oxygen atoms in total. The summed E-state index contributed by atoms with van der Waals surface area (Å²) in [5.41, 5.74) is 5.01. The van der Waals surface area contributed by atoms with E-state index in [-0.39, 0.29) is 5.91 Å². The normalized spacial score (nSPS) is 16.7. The van der Waals surface area contributed by atoms with Crippen LogP contribution in [-0.4, -0.2) is 50.2 Å². The summed E-state index contributed by atoms with van der Waals surface area (Å²) in [6.07, 6.45) is 2.90. The lowest BCUT2D eigenvalue weighted by Crippen LogP contribution is -2.42. The monoisotopic (exact) mass is 417 g/mol. The summed E-state index contributed by atoms with van der Waals surface area (Å²) in [6, 6.07) is 9.52. The zero-order chi connectivity index (χ0) is 21.5. The van der Waals surface area contributed by atoms with Gasteiger partial charge < -0.3 is 18.7 Å². The van der Waals surface area contributed by atoms with Crippen LogP contribution in [-0.2, 0) is 11.8 Å². The molecule has 1 atom stereocenters. The summed E-state index contributed by atoms with van der Waals surface area (Å²) in [6.45, 7) is 5.48. The first kappa shape index (κ1) is 19.4. The number of carbonyl (C=O) groups is 1. The lowest BCUT2D eigenvalue weighted by molar-refractivity contribution is -0.0367. The number of hydrogen-bond acceptors (Lipinski definition) is 6. The van der Waals surface area contributed by atoms with Gasteiger partial charge in [-0.3, -0.25) is 9.78 Å². The topological polar surface area (TPSA) is 86.3 Å². The molecule has 1 aromatic carbocycles. The molecule has 1 aliphatic heterocycles. The molecule has 1 amide bonds. The van der Waals surface area contributed by atoms with Gasteiger partial charge in [0, 0.05) is 53.7 Å². The molecule has 3 aromatic heterocycles. The fourth-order valence-corrected chi connectivity index (χ4v) is 4.04. The number of amides is 1. The third-order valence-electron chi connectivity index (χ3n) is 6.06. The molecule has 0 spiro atoms. The minimum absolute atomic E-state index is 0.0232. The van der Waals surface area contributed by atoms with Crippen molar-refractivity contribution < 1.29 is 14.1 Å². The molecular formula is C23H23N5O3. The molecule has 8 heteroatoms. The Hall–Kier alpha value is -3.52. The first-order valence-corrected chi connectivity index (χ1v) is 10.2. The van der Waals surface area contributed by atoms with E-state index in [0.717, 1.165) is 16.5 Å². The van der Waals surface area contributed by atoms with E-state index in [2.05, 4.69) is 33.5 Å². The second-order valence-electron chi connectivity index (χ2n) is 7.80. The number of hydrogen-bond donors (Lipinski definition) is 0. The van der Waals surface area contributed by atoms with E-state index in [9.17, 15) is 4.79 Å². The number of aromatic nitrogens is 4. The van der Waals surface area contributed by atoms with Gasteiger partial charge >= 0.3 is 0 Å². The lowest BCUT2D eigenvalue weighted by atomic mass is 10.1. The molecule has 0 bridgehead atoms. The number of rotatable bonds is 3. The highest BCUT2D eigenvalue weighted by atomic mass is 16.5. The molecule has 0 radical (unpaired) electrons. The van der Waals surface area contributed by atoms with Crippen molar-refractivity contribution in [3.63, 3.8) is 0 Å². The van der Waals surface area contributed by atoms with E-state index in [1.807, 2.05) is 37.4 Å². The predicted octanol–water partition coefficient (Wildman–Crippen LogP) is 3.45. The van der Waals surface area contributed by atoms with Gasteiger partial charge in [-0.25, -0.2) is 0 Å². The third-order valence-corrected chi connectivity index (χ3v) is 6.06. The van der Waals surface area contributed by atoms with Gasteiger partial charge in [-0.15, -0.1) is 0 Å². The zero-order valence-corrected chi connectivity index (χ0v) is 17.7. The van der Waals surface area contributed by atoms with Crippen LogP contribution in [0.1, 0.15) is 33.6 Å². The van der Waals surface area contributed by atoms with Crippen LogP contribution in [0.15, 0.2) is 47.2 Å². The summed E-state index contributed by atoms with van der Waals surface area (Å²) < 4.78 is 13.4. The van der Waals surface area contributed by atoms with Crippen LogP contribution < -0.4 is 0 Å². The standard InChI is InChI=1S/C23H23N5O3/c1-14-15(2)27(3)19-5-4-17(12-18(14)19)23(29)28-10-11-30-20(13-28)22-25-21(26-31-22)16-6-8-24-9-7-16/h4-9,12,20H,10-11,13H2,1-3H3. The van der Waals surface area contributed by atoms with Crippen LogP contribution in [0, 0.1) is 13.8 Å². The van der Waals surface area contributed by atoms with Gasteiger partial charge in [0.25, 0.3) is 11.8 Å². The highest BCUT2D eigenvalue weighted by molar-refractivity contribution is 5.99. The number of morpholine rings is 1. The number of benzene rings is 1. The van der Waals surface area contributed by atoms with Gasteiger partial charge in [0.2, 0.25) is 5.82 Å². The number of ether oxygens (including phenoxy) is 1. The smallest absolute Gasteiger partial charge is 0.257 e. The first-order valence-electron chi connectivity index (χ1n) is 10.2.